The van der Waals surface area contributed by atoms with Crippen LogP contribution in [0.3, 0.4) is 0 Å². The molecule has 0 aliphatic rings. The van der Waals surface area contributed by atoms with E-state index in [-0.39, 0.29) is 12.2 Å². The number of nitrogens with zero attached hydrogens (tertiary/aromatic N) is 1. The van der Waals surface area contributed by atoms with Crippen LogP contribution in [0.1, 0.15) is 41.1 Å². The van der Waals surface area contributed by atoms with E-state index in [0.717, 1.165) is 0 Å². The third kappa shape index (κ3) is 4.33. The van der Waals surface area contributed by atoms with Crippen molar-refractivity contribution in [2.75, 3.05) is 0 Å². The Kier molecular flexibility index (Phi) is 4.28. The first-order valence-electron chi connectivity index (χ1n) is 5.35. The number of aryl methyl sites for hydroxylation is 1. The number of aromatic nitrogens is 1. The number of ether oxygens (including phenoxy) is 1. The minimum atomic E-state index is -1.06. The third-order valence-corrected chi connectivity index (χ3v) is 2.80. The highest BCUT2D eigenvalue weighted by atomic mass is 32.1. The Morgan fingerprint density at radius 1 is 1.44 bits per heavy atom. The Labute approximate surface area is 109 Å². The van der Waals surface area contributed by atoms with Gasteiger partial charge in [0.2, 0.25) is 0 Å². The summed E-state index contributed by atoms with van der Waals surface area (Å²) in [6, 6.07) is 0. The fourth-order valence-electron chi connectivity index (χ4n) is 1.19. The molecule has 7 heteroatoms. The minimum Gasteiger partial charge on any atom is -0.476 e. The first kappa shape index (κ1) is 14.4. The van der Waals surface area contributed by atoms with Crippen molar-refractivity contribution in [1.82, 2.24) is 10.3 Å². The van der Waals surface area contributed by atoms with Crippen LogP contribution in [0.5, 0.6) is 0 Å². The van der Waals surface area contributed by atoms with Gasteiger partial charge in [-0.1, -0.05) is 0 Å². The van der Waals surface area contributed by atoms with Gasteiger partial charge in [0.1, 0.15) is 10.6 Å². The van der Waals surface area contributed by atoms with Crippen LogP contribution in [-0.2, 0) is 11.3 Å². The molecule has 1 heterocycles. The number of hydrogen-bond acceptors (Lipinski definition) is 5. The number of hydrogen-bond donors (Lipinski definition) is 2. The predicted octanol–water partition coefficient (Wildman–Crippen LogP) is 2.17. The van der Waals surface area contributed by atoms with E-state index in [0.29, 0.717) is 9.88 Å². The SMILES string of the molecule is Cc1sc(CNC(=O)OC(C)(C)C)nc1C(=O)O. The monoisotopic (exact) mass is 272 g/mol. The molecular weight excluding hydrogens is 256 g/mol. The zero-order chi connectivity index (χ0) is 13.9. The summed E-state index contributed by atoms with van der Waals surface area (Å²) in [5, 5.41) is 11.9. The molecule has 1 aromatic rings. The van der Waals surface area contributed by atoms with Gasteiger partial charge in [-0.25, -0.2) is 14.6 Å². The van der Waals surface area contributed by atoms with Gasteiger partial charge in [0.15, 0.2) is 5.69 Å². The molecule has 0 saturated carbocycles. The van der Waals surface area contributed by atoms with E-state index >= 15 is 0 Å². The van der Waals surface area contributed by atoms with Crippen LogP contribution >= 0.6 is 11.3 Å². The van der Waals surface area contributed by atoms with Crippen molar-refractivity contribution in [2.24, 2.45) is 0 Å². The maximum atomic E-state index is 11.4. The summed E-state index contributed by atoms with van der Waals surface area (Å²) in [6.07, 6.45) is -0.549. The Bertz CT molecular complexity index is 462. The molecule has 0 aliphatic heterocycles. The molecule has 0 spiro atoms. The van der Waals surface area contributed by atoms with Crippen molar-refractivity contribution in [2.45, 2.75) is 39.8 Å². The second-order valence-corrected chi connectivity index (χ2v) is 5.96. The van der Waals surface area contributed by atoms with E-state index in [1.165, 1.54) is 11.3 Å². The van der Waals surface area contributed by atoms with Crippen molar-refractivity contribution in [3.63, 3.8) is 0 Å². The smallest absolute Gasteiger partial charge is 0.408 e. The van der Waals surface area contributed by atoms with E-state index in [2.05, 4.69) is 10.3 Å². The van der Waals surface area contributed by atoms with Gasteiger partial charge in [-0.15, -0.1) is 11.3 Å². The lowest BCUT2D eigenvalue weighted by Gasteiger charge is -2.19. The summed E-state index contributed by atoms with van der Waals surface area (Å²) in [4.78, 5) is 26.7. The average molecular weight is 272 g/mol. The van der Waals surface area contributed by atoms with Gasteiger partial charge >= 0.3 is 12.1 Å². The number of carboxylic acids is 1. The number of rotatable bonds is 3. The Hall–Kier alpha value is -1.63. The molecule has 2 N–H and O–H groups in total. The first-order chi connectivity index (χ1) is 8.19. The molecule has 18 heavy (non-hydrogen) atoms. The quantitative estimate of drug-likeness (QED) is 0.880. The number of alkyl carbamates (subject to hydrolysis) is 1. The molecule has 0 aliphatic carbocycles. The standard InChI is InChI=1S/C11H16N2O4S/c1-6-8(9(14)15)13-7(18-6)5-12-10(16)17-11(2,3)4/h5H2,1-4H3,(H,12,16)(H,14,15). The van der Waals surface area contributed by atoms with Crippen LogP contribution in [0, 0.1) is 6.92 Å². The second-order valence-electron chi connectivity index (χ2n) is 4.67. The predicted molar refractivity (Wildman–Crippen MR) is 66.9 cm³/mol. The molecule has 0 unspecified atom stereocenters. The molecule has 0 saturated heterocycles. The molecule has 1 aromatic heterocycles. The summed E-state index contributed by atoms with van der Waals surface area (Å²) in [5.41, 5.74) is -0.532. The number of amides is 1. The summed E-state index contributed by atoms with van der Waals surface area (Å²) in [5.74, 6) is -1.06. The van der Waals surface area contributed by atoms with Crippen molar-refractivity contribution in [3.8, 4) is 0 Å². The maximum Gasteiger partial charge on any atom is 0.408 e. The summed E-state index contributed by atoms with van der Waals surface area (Å²) < 4.78 is 5.05. The molecular formula is C11H16N2O4S. The molecule has 100 valence electrons. The third-order valence-electron chi connectivity index (χ3n) is 1.83. The lowest BCUT2D eigenvalue weighted by atomic mass is 10.2. The van der Waals surface area contributed by atoms with E-state index < -0.39 is 17.7 Å². The molecule has 1 amide bonds. The van der Waals surface area contributed by atoms with Gasteiger partial charge < -0.3 is 15.2 Å². The van der Waals surface area contributed by atoms with Crippen molar-refractivity contribution >= 4 is 23.4 Å². The van der Waals surface area contributed by atoms with Gasteiger partial charge in [0.25, 0.3) is 0 Å². The van der Waals surface area contributed by atoms with Gasteiger partial charge in [-0.05, 0) is 27.7 Å². The fourth-order valence-corrected chi connectivity index (χ4v) is 2.05. The highest BCUT2D eigenvalue weighted by Gasteiger charge is 2.17. The van der Waals surface area contributed by atoms with E-state index in [9.17, 15) is 9.59 Å². The molecule has 0 radical (unpaired) electrons. The topological polar surface area (TPSA) is 88.5 Å². The maximum absolute atomic E-state index is 11.4. The molecule has 0 fully saturated rings. The van der Waals surface area contributed by atoms with E-state index in [1.807, 2.05) is 0 Å². The van der Waals surface area contributed by atoms with Gasteiger partial charge in [-0.2, -0.15) is 0 Å². The van der Waals surface area contributed by atoms with Crippen LogP contribution in [0.25, 0.3) is 0 Å². The number of carbonyl (C=O) groups excluding carboxylic acids is 1. The summed E-state index contributed by atoms with van der Waals surface area (Å²) in [7, 11) is 0. The number of carboxylic acid groups (broad SMARTS) is 1. The van der Waals surface area contributed by atoms with Gasteiger partial charge in [-0.3, -0.25) is 0 Å². The van der Waals surface area contributed by atoms with E-state index in [1.54, 1.807) is 27.7 Å². The average Bonchev–Trinajstić information content (AvgIpc) is 2.54. The van der Waals surface area contributed by atoms with Crippen LogP contribution in [-0.4, -0.2) is 27.8 Å². The summed E-state index contributed by atoms with van der Waals surface area (Å²) >= 11 is 1.24. The molecule has 0 aromatic carbocycles. The summed E-state index contributed by atoms with van der Waals surface area (Å²) in [6.45, 7) is 7.14. The molecule has 0 bridgehead atoms. The normalized spacial score (nSPS) is 11.1. The lowest BCUT2D eigenvalue weighted by Crippen LogP contribution is -2.32. The highest BCUT2D eigenvalue weighted by Crippen LogP contribution is 2.17. The van der Waals surface area contributed by atoms with Crippen molar-refractivity contribution in [3.05, 3.63) is 15.6 Å². The minimum absolute atomic E-state index is 0.0287. The Balaban J connectivity index is 2.57. The van der Waals surface area contributed by atoms with Crippen LogP contribution in [0.2, 0.25) is 0 Å². The lowest BCUT2D eigenvalue weighted by molar-refractivity contribution is 0.0523. The molecule has 0 atom stereocenters. The van der Waals surface area contributed by atoms with Crippen molar-refractivity contribution in [1.29, 1.82) is 0 Å². The number of thiazole rings is 1. The Morgan fingerprint density at radius 3 is 2.50 bits per heavy atom. The molecule has 1 rings (SSSR count). The van der Waals surface area contributed by atoms with E-state index in [4.69, 9.17) is 9.84 Å². The van der Waals surface area contributed by atoms with Crippen molar-refractivity contribution < 1.29 is 19.4 Å². The zero-order valence-corrected chi connectivity index (χ0v) is 11.6. The zero-order valence-electron chi connectivity index (χ0n) is 10.7. The van der Waals surface area contributed by atoms with Gasteiger partial charge in [0.05, 0.1) is 6.54 Å². The first-order valence-corrected chi connectivity index (χ1v) is 6.17. The highest BCUT2D eigenvalue weighted by molar-refractivity contribution is 7.11. The van der Waals surface area contributed by atoms with Crippen LogP contribution < -0.4 is 5.32 Å². The second kappa shape index (κ2) is 5.34. The van der Waals surface area contributed by atoms with Crippen LogP contribution in [0.4, 0.5) is 4.79 Å². The van der Waals surface area contributed by atoms with Crippen LogP contribution in [0.15, 0.2) is 0 Å². The number of nitrogens with one attached hydrogen (secondary N) is 1. The fraction of sp³-hybridized carbons (Fsp3) is 0.545. The number of aromatic carboxylic acids is 1. The Morgan fingerprint density at radius 2 is 2.06 bits per heavy atom. The van der Waals surface area contributed by atoms with Gasteiger partial charge in [0, 0.05) is 4.88 Å². The largest absolute Gasteiger partial charge is 0.476 e. The number of carbonyl (C=O) groups is 2. The molecule has 6 nitrogen and oxygen atoms in total.